The van der Waals surface area contributed by atoms with E-state index in [4.69, 9.17) is 42.6 Å². The summed E-state index contributed by atoms with van der Waals surface area (Å²) >= 11 is 0. The molecule has 17 nitrogen and oxygen atoms in total. The Morgan fingerprint density at radius 3 is 2.32 bits per heavy atom. The van der Waals surface area contributed by atoms with Crippen LogP contribution in [0.25, 0.3) is 0 Å². The van der Waals surface area contributed by atoms with Gasteiger partial charge in [-0.25, -0.2) is 4.79 Å². The summed E-state index contributed by atoms with van der Waals surface area (Å²) in [6, 6.07) is -0.797. The number of esters is 3. The Hall–Kier alpha value is -2.84. The molecule has 0 aliphatic carbocycles. The van der Waals surface area contributed by atoms with Crippen molar-refractivity contribution in [2.75, 3.05) is 21.2 Å². The summed E-state index contributed by atoms with van der Waals surface area (Å²) < 4.78 is 53.7. The Labute approximate surface area is 334 Å². The van der Waals surface area contributed by atoms with Gasteiger partial charge in [-0.05, 0) is 60.0 Å². The van der Waals surface area contributed by atoms with Crippen molar-refractivity contribution >= 4 is 24.2 Å². The fraction of sp³-hybridized carbons (Fsp3) is 0.800. The lowest BCUT2D eigenvalue weighted by Crippen LogP contribution is -2.65. The Morgan fingerprint density at radius 2 is 1.72 bits per heavy atom. The number of carbonyl (C=O) groups excluding carboxylic acids is 4. The minimum Gasteiger partial charge on any atom is -0.459 e. The number of aliphatic hydroxyl groups is 3. The molecule has 3 N–H and O–H groups in total. The zero-order valence-electron chi connectivity index (χ0n) is 34.7. The van der Waals surface area contributed by atoms with Crippen LogP contribution in [0.2, 0.25) is 0 Å². The van der Waals surface area contributed by atoms with Crippen molar-refractivity contribution in [3.8, 4) is 0 Å². The van der Waals surface area contributed by atoms with E-state index < -0.39 is 109 Å². The molecule has 0 amide bonds. The highest BCUT2D eigenvalue weighted by Gasteiger charge is 2.52. The molecule has 0 aromatic carbocycles. The van der Waals surface area contributed by atoms with Crippen molar-refractivity contribution in [1.29, 1.82) is 0 Å². The van der Waals surface area contributed by atoms with Gasteiger partial charge in [-0.1, -0.05) is 26.0 Å². The predicted octanol–water partition coefficient (Wildman–Crippen LogP) is 1.71. The molecule has 0 radical (unpaired) electrons. The number of hydrogen-bond donors (Lipinski definition) is 3. The number of aliphatic hydroxyl groups excluding tert-OH is 2. The lowest BCUT2D eigenvalue weighted by molar-refractivity contribution is -0.342. The third-order valence-corrected chi connectivity index (χ3v) is 11.0. The summed E-state index contributed by atoms with van der Waals surface area (Å²) in [5, 5.41) is 34.5. The average Bonchev–Trinajstić information content (AvgIpc) is 3.86. The van der Waals surface area contributed by atoms with Crippen molar-refractivity contribution in [2.24, 2.45) is 11.8 Å². The fourth-order valence-electron chi connectivity index (χ4n) is 8.01. The minimum atomic E-state index is -1.50. The molecule has 0 spiro atoms. The zero-order chi connectivity index (χ0) is 42.4. The smallest absolute Gasteiger partial charge is 0.334 e. The molecule has 17 unspecified atom stereocenters. The summed E-state index contributed by atoms with van der Waals surface area (Å²) in [6.07, 6.45) is -6.13. The van der Waals surface area contributed by atoms with E-state index in [0.29, 0.717) is 12.7 Å². The van der Waals surface area contributed by atoms with E-state index in [-0.39, 0.29) is 43.7 Å². The Kier molecular flexibility index (Phi) is 16.8. The van der Waals surface area contributed by atoms with Crippen LogP contribution >= 0.6 is 0 Å². The number of likely N-dealkylation sites (N-methyl/N-ethyl adjacent to an activating group) is 1. The first kappa shape index (κ1) is 46.8. The lowest BCUT2D eigenvalue weighted by atomic mass is 9.83. The second kappa shape index (κ2) is 20.4. The number of nitrogens with zero attached hydrogens (tertiary/aromatic N) is 1. The largest absolute Gasteiger partial charge is 0.459 e. The third kappa shape index (κ3) is 12.3. The molecule has 0 saturated carbocycles. The van der Waals surface area contributed by atoms with E-state index >= 15 is 0 Å². The van der Waals surface area contributed by atoms with E-state index in [1.54, 1.807) is 58.8 Å². The monoisotopic (exact) mass is 813 g/mol. The molecule has 3 fully saturated rings. The maximum absolute atomic E-state index is 13.3. The minimum absolute atomic E-state index is 0.0460. The lowest BCUT2D eigenvalue weighted by Gasteiger charge is -2.50. The van der Waals surface area contributed by atoms with Crippen molar-refractivity contribution in [3.05, 3.63) is 24.0 Å². The summed E-state index contributed by atoms with van der Waals surface area (Å²) in [6.45, 7) is 11.3. The van der Waals surface area contributed by atoms with Crippen molar-refractivity contribution in [2.45, 2.75) is 172 Å². The standard InChI is InChI=1S/C40H63NO16/c1-11-30(45)55-29-18-31(46)50-21(3)17-28-27(54-28)13-12-26(44)20(2)16-25(14-15-42)36(37(29)49-10)57-39-34(47)33(41(8)9)35(22(4)52-39)56-32-19-40(7,48)38(23(5)51-32)53-24(6)43/h12-13,15,18,20-23,25-28,32-39,44,47-48H,11,14,16-17,19H2,1-10H3. The highest BCUT2D eigenvalue weighted by Crippen LogP contribution is 2.38. The normalized spacial score (nSPS) is 42.0. The van der Waals surface area contributed by atoms with Crippen molar-refractivity contribution in [1.82, 2.24) is 4.90 Å². The van der Waals surface area contributed by atoms with Crippen molar-refractivity contribution < 1.29 is 77.1 Å². The van der Waals surface area contributed by atoms with Gasteiger partial charge in [0.1, 0.15) is 48.2 Å². The Morgan fingerprint density at radius 1 is 1.02 bits per heavy atom. The highest BCUT2D eigenvalue weighted by molar-refractivity contribution is 5.83. The molecule has 0 aromatic rings. The van der Waals surface area contributed by atoms with E-state index in [2.05, 4.69) is 0 Å². The quantitative estimate of drug-likeness (QED) is 0.0889. The number of epoxide rings is 1. The molecule has 17 heteroatoms. The Balaban J connectivity index is 1.70. The topological polar surface area (TPSA) is 219 Å². The van der Waals surface area contributed by atoms with Gasteiger partial charge < -0.3 is 67.6 Å². The van der Waals surface area contributed by atoms with Gasteiger partial charge in [0, 0.05) is 39.7 Å². The Bertz CT molecular complexity index is 1440. The van der Waals surface area contributed by atoms with Gasteiger partial charge in [0.15, 0.2) is 18.7 Å². The van der Waals surface area contributed by atoms with E-state index in [9.17, 15) is 34.5 Å². The molecule has 0 aromatic heterocycles. The van der Waals surface area contributed by atoms with Crippen LogP contribution in [0.4, 0.5) is 0 Å². The summed E-state index contributed by atoms with van der Waals surface area (Å²) in [5.41, 5.74) is -1.50. The number of methoxy groups -OCH3 is 1. The van der Waals surface area contributed by atoms with Crippen LogP contribution in [0.3, 0.4) is 0 Å². The SMILES string of the molecule is CCC(=O)OC1=CC(=O)OC(C)CC2OC2C=CC(O)C(C)CC(CC=O)C(OC2OC(C)C(OC3CC(C)(O)C(OC(C)=O)C(C)O3)C(N(C)C)C2O)C1OC. The number of hydrogen-bond acceptors (Lipinski definition) is 17. The van der Waals surface area contributed by atoms with Gasteiger partial charge in [0.05, 0.1) is 42.6 Å². The number of rotatable bonds is 11. The molecule has 17 atom stereocenters. The first-order valence-corrected chi connectivity index (χ1v) is 19.8. The van der Waals surface area contributed by atoms with Crippen LogP contribution in [0.15, 0.2) is 24.0 Å². The second-order valence-electron chi connectivity index (χ2n) is 16.1. The van der Waals surface area contributed by atoms with Crippen molar-refractivity contribution in [3.63, 3.8) is 0 Å². The summed E-state index contributed by atoms with van der Waals surface area (Å²) in [7, 11) is 4.79. The maximum Gasteiger partial charge on any atom is 0.334 e. The molecule has 4 rings (SSSR count). The second-order valence-corrected chi connectivity index (χ2v) is 16.1. The van der Waals surface area contributed by atoms with Crippen LogP contribution in [-0.2, 0) is 61.8 Å². The number of cyclic esters (lactones) is 1. The number of fused-ring (bicyclic) bond motifs is 1. The molecule has 4 aliphatic rings. The van der Waals surface area contributed by atoms with E-state index in [1.807, 2.05) is 6.92 Å². The number of aldehydes is 1. The van der Waals surface area contributed by atoms with Gasteiger partial charge >= 0.3 is 17.9 Å². The number of ether oxygens (including phenoxy) is 9. The molecule has 4 heterocycles. The van der Waals surface area contributed by atoms with Gasteiger partial charge in [0.25, 0.3) is 0 Å². The average molecular weight is 814 g/mol. The fourth-order valence-corrected chi connectivity index (χ4v) is 8.01. The van der Waals surface area contributed by atoms with Crippen LogP contribution < -0.4 is 0 Å². The van der Waals surface area contributed by atoms with E-state index in [0.717, 1.165) is 6.08 Å². The molecular weight excluding hydrogens is 750 g/mol. The first-order valence-electron chi connectivity index (χ1n) is 19.8. The van der Waals surface area contributed by atoms with Gasteiger partial charge in [-0.3, -0.25) is 9.59 Å². The van der Waals surface area contributed by atoms with Gasteiger partial charge in [-0.2, -0.15) is 0 Å². The van der Waals surface area contributed by atoms with Crippen LogP contribution in [-0.4, -0.2) is 157 Å². The first-order chi connectivity index (χ1) is 26.8. The van der Waals surface area contributed by atoms with Gasteiger partial charge in [-0.15, -0.1) is 0 Å². The molecule has 57 heavy (non-hydrogen) atoms. The maximum atomic E-state index is 13.3. The molecule has 3 saturated heterocycles. The van der Waals surface area contributed by atoms with Gasteiger partial charge in [0.2, 0.25) is 0 Å². The molecule has 324 valence electrons. The zero-order valence-corrected chi connectivity index (χ0v) is 34.7. The molecular formula is C40H63NO16. The summed E-state index contributed by atoms with van der Waals surface area (Å²) in [4.78, 5) is 51.9. The summed E-state index contributed by atoms with van der Waals surface area (Å²) in [5.74, 6) is -3.48. The third-order valence-electron chi connectivity index (χ3n) is 11.0. The predicted molar refractivity (Wildman–Crippen MR) is 200 cm³/mol. The van der Waals surface area contributed by atoms with Crippen LogP contribution in [0, 0.1) is 11.8 Å². The highest BCUT2D eigenvalue weighted by atomic mass is 16.7. The van der Waals surface area contributed by atoms with E-state index in [1.165, 1.54) is 21.0 Å². The van der Waals surface area contributed by atoms with Crippen LogP contribution in [0.5, 0.6) is 0 Å². The number of carbonyl (C=O) groups is 4. The van der Waals surface area contributed by atoms with Crippen LogP contribution in [0.1, 0.15) is 80.6 Å². The molecule has 4 aliphatic heterocycles. The molecule has 0 bridgehead atoms.